The largest absolute Gasteiger partial charge is 0.494 e. The third-order valence-corrected chi connectivity index (χ3v) is 4.72. The van der Waals surface area contributed by atoms with Crippen molar-refractivity contribution in [2.45, 2.75) is 20.3 Å². The van der Waals surface area contributed by atoms with Crippen LogP contribution in [0, 0.1) is 0 Å². The molecule has 2 amide bonds. The summed E-state index contributed by atoms with van der Waals surface area (Å²) in [7, 11) is 3.07. The summed E-state index contributed by atoms with van der Waals surface area (Å²) in [6, 6.07) is 12.4. The van der Waals surface area contributed by atoms with Crippen LogP contribution in [0.15, 0.2) is 48.2 Å². The van der Waals surface area contributed by atoms with Crippen molar-refractivity contribution in [1.82, 2.24) is 4.90 Å². The lowest BCUT2D eigenvalue weighted by molar-refractivity contribution is -0.136. The van der Waals surface area contributed by atoms with E-state index >= 15 is 0 Å². The maximum Gasteiger partial charge on any atom is 0.278 e. The molecule has 1 heterocycles. The first-order valence-electron chi connectivity index (χ1n) is 9.86. The van der Waals surface area contributed by atoms with Gasteiger partial charge < -0.3 is 19.5 Å². The quantitative estimate of drug-likeness (QED) is 0.635. The normalized spacial score (nSPS) is 13.7. The van der Waals surface area contributed by atoms with E-state index in [1.165, 1.54) is 12.0 Å². The molecule has 30 heavy (non-hydrogen) atoms. The molecule has 1 aliphatic rings. The zero-order valence-electron chi connectivity index (χ0n) is 17.7. The topological polar surface area (TPSA) is 77.1 Å². The third kappa shape index (κ3) is 4.10. The second-order valence-corrected chi connectivity index (χ2v) is 6.66. The lowest BCUT2D eigenvalue weighted by atomic mass is 10.0. The summed E-state index contributed by atoms with van der Waals surface area (Å²) in [6.07, 6.45) is 0.674. The highest BCUT2D eigenvalue weighted by atomic mass is 16.5. The number of carbonyl (C=O) groups excluding carboxylic acids is 2. The van der Waals surface area contributed by atoms with Crippen LogP contribution in [-0.2, 0) is 9.59 Å². The van der Waals surface area contributed by atoms with E-state index in [1.807, 2.05) is 38.1 Å². The number of carbonyl (C=O) groups is 2. The number of benzene rings is 2. The molecule has 0 spiro atoms. The molecule has 0 atom stereocenters. The van der Waals surface area contributed by atoms with Crippen molar-refractivity contribution < 1.29 is 23.8 Å². The monoisotopic (exact) mass is 410 g/mol. The Kier molecular flexibility index (Phi) is 6.61. The van der Waals surface area contributed by atoms with Crippen molar-refractivity contribution in [2.75, 3.05) is 32.7 Å². The predicted octanol–water partition coefficient (Wildman–Crippen LogP) is 3.70. The van der Waals surface area contributed by atoms with Crippen LogP contribution in [0.4, 0.5) is 5.69 Å². The van der Waals surface area contributed by atoms with Gasteiger partial charge in [-0.15, -0.1) is 0 Å². The summed E-state index contributed by atoms with van der Waals surface area (Å²) in [5.41, 5.74) is 1.82. The van der Waals surface area contributed by atoms with Crippen molar-refractivity contribution in [1.29, 1.82) is 0 Å². The van der Waals surface area contributed by atoms with E-state index in [9.17, 15) is 9.59 Å². The lowest BCUT2D eigenvalue weighted by Gasteiger charge is -2.14. The van der Waals surface area contributed by atoms with Gasteiger partial charge in [-0.25, -0.2) is 0 Å². The Morgan fingerprint density at radius 1 is 0.900 bits per heavy atom. The van der Waals surface area contributed by atoms with E-state index in [0.29, 0.717) is 47.9 Å². The van der Waals surface area contributed by atoms with Gasteiger partial charge in [-0.2, -0.15) is 0 Å². The summed E-state index contributed by atoms with van der Waals surface area (Å²) >= 11 is 0. The highest BCUT2D eigenvalue weighted by Gasteiger charge is 2.39. The minimum absolute atomic E-state index is 0.241. The van der Waals surface area contributed by atoms with Crippen LogP contribution in [0.5, 0.6) is 17.2 Å². The molecule has 7 nitrogen and oxygen atoms in total. The van der Waals surface area contributed by atoms with E-state index in [1.54, 1.807) is 25.3 Å². The smallest absolute Gasteiger partial charge is 0.278 e. The summed E-state index contributed by atoms with van der Waals surface area (Å²) in [5, 5.41) is 3.13. The minimum Gasteiger partial charge on any atom is -0.494 e. The molecule has 1 aliphatic heterocycles. The summed E-state index contributed by atoms with van der Waals surface area (Å²) in [4.78, 5) is 27.4. The first kappa shape index (κ1) is 21.2. The summed E-state index contributed by atoms with van der Waals surface area (Å²) in [5.74, 6) is 1.09. The number of amides is 2. The van der Waals surface area contributed by atoms with Gasteiger partial charge in [0, 0.05) is 12.2 Å². The average Bonchev–Trinajstić information content (AvgIpc) is 2.99. The zero-order valence-corrected chi connectivity index (χ0v) is 17.7. The number of ether oxygens (including phenoxy) is 3. The van der Waals surface area contributed by atoms with Crippen LogP contribution < -0.4 is 19.5 Å². The number of hydrogen-bond donors (Lipinski definition) is 1. The molecule has 0 radical (unpaired) electrons. The first-order valence-corrected chi connectivity index (χ1v) is 9.86. The van der Waals surface area contributed by atoms with Crippen molar-refractivity contribution in [3.05, 3.63) is 53.7 Å². The van der Waals surface area contributed by atoms with Gasteiger partial charge in [0.1, 0.15) is 11.4 Å². The molecule has 1 N–H and O–H groups in total. The second kappa shape index (κ2) is 9.35. The van der Waals surface area contributed by atoms with Crippen LogP contribution in [-0.4, -0.2) is 44.1 Å². The average molecular weight is 410 g/mol. The van der Waals surface area contributed by atoms with E-state index in [4.69, 9.17) is 14.2 Å². The number of nitrogens with one attached hydrogen (secondary N) is 1. The zero-order chi connectivity index (χ0) is 21.7. The lowest BCUT2D eigenvalue weighted by Crippen LogP contribution is -2.33. The molecule has 0 bridgehead atoms. The van der Waals surface area contributed by atoms with Crippen molar-refractivity contribution in [3.63, 3.8) is 0 Å². The van der Waals surface area contributed by atoms with Gasteiger partial charge in [-0.05, 0) is 55.3 Å². The van der Waals surface area contributed by atoms with Gasteiger partial charge in [-0.3, -0.25) is 14.5 Å². The third-order valence-electron chi connectivity index (χ3n) is 4.72. The van der Waals surface area contributed by atoms with Crippen molar-refractivity contribution in [2.24, 2.45) is 0 Å². The Balaban J connectivity index is 2.04. The van der Waals surface area contributed by atoms with E-state index in [-0.39, 0.29) is 17.5 Å². The fourth-order valence-corrected chi connectivity index (χ4v) is 3.32. The van der Waals surface area contributed by atoms with Gasteiger partial charge in [0.05, 0.1) is 26.4 Å². The SMILES string of the molecule is CCCN1C(=O)C(Nc2ccc(OCC)cc2)=C(c2ccc(OC)c(OC)c2)C1=O. The van der Waals surface area contributed by atoms with Gasteiger partial charge in [-0.1, -0.05) is 13.0 Å². The Hall–Kier alpha value is -3.48. The fraction of sp³-hybridized carbons (Fsp3) is 0.304. The van der Waals surface area contributed by atoms with E-state index < -0.39 is 0 Å². The van der Waals surface area contributed by atoms with Crippen LogP contribution >= 0.6 is 0 Å². The molecular formula is C23H26N2O5. The standard InChI is InChI=1S/C23H26N2O5/c1-5-13-25-22(26)20(15-7-12-18(28-3)19(14-15)29-4)21(23(25)27)24-16-8-10-17(11-9-16)30-6-2/h7-12,14,24H,5-6,13H2,1-4H3. The molecule has 0 aliphatic carbocycles. The molecule has 0 saturated carbocycles. The number of imide groups is 1. The number of hydrogen-bond acceptors (Lipinski definition) is 6. The number of nitrogens with zero attached hydrogens (tertiary/aromatic N) is 1. The molecule has 0 unspecified atom stereocenters. The Morgan fingerprint density at radius 3 is 2.20 bits per heavy atom. The van der Waals surface area contributed by atoms with Crippen LogP contribution in [0.2, 0.25) is 0 Å². The summed E-state index contributed by atoms with van der Waals surface area (Å²) < 4.78 is 16.1. The van der Waals surface area contributed by atoms with Gasteiger partial charge in [0.15, 0.2) is 11.5 Å². The van der Waals surface area contributed by atoms with Gasteiger partial charge in [0.2, 0.25) is 0 Å². The number of rotatable bonds is 9. The molecule has 0 aromatic heterocycles. The molecule has 2 aromatic rings. The van der Waals surface area contributed by atoms with Gasteiger partial charge >= 0.3 is 0 Å². The van der Waals surface area contributed by atoms with E-state index in [2.05, 4.69) is 5.32 Å². The fourth-order valence-electron chi connectivity index (χ4n) is 3.32. The van der Waals surface area contributed by atoms with E-state index in [0.717, 1.165) is 5.75 Å². The molecule has 7 heteroatoms. The highest BCUT2D eigenvalue weighted by molar-refractivity contribution is 6.36. The molecule has 0 saturated heterocycles. The van der Waals surface area contributed by atoms with Crippen LogP contribution in [0.1, 0.15) is 25.8 Å². The molecule has 3 rings (SSSR count). The first-order chi connectivity index (χ1) is 14.5. The second-order valence-electron chi connectivity index (χ2n) is 6.66. The number of anilines is 1. The molecule has 2 aromatic carbocycles. The van der Waals surface area contributed by atoms with Crippen molar-refractivity contribution in [3.8, 4) is 17.2 Å². The van der Waals surface area contributed by atoms with Crippen LogP contribution in [0.25, 0.3) is 5.57 Å². The Labute approximate surface area is 176 Å². The Bertz CT molecular complexity index is 966. The van der Waals surface area contributed by atoms with Crippen molar-refractivity contribution >= 4 is 23.1 Å². The maximum atomic E-state index is 13.1. The van der Waals surface area contributed by atoms with Gasteiger partial charge in [0.25, 0.3) is 11.8 Å². The maximum absolute atomic E-state index is 13.1. The highest BCUT2D eigenvalue weighted by Crippen LogP contribution is 2.35. The number of methoxy groups -OCH3 is 2. The molecule has 0 fully saturated rings. The Morgan fingerprint density at radius 2 is 1.60 bits per heavy atom. The predicted molar refractivity (Wildman–Crippen MR) is 115 cm³/mol. The van der Waals surface area contributed by atoms with Crippen LogP contribution in [0.3, 0.4) is 0 Å². The minimum atomic E-state index is -0.347. The summed E-state index contributed by atoms with van der Waals surface area (Å²) in [6.45, 7) is 4.76. The molecular weight excluding hydrogens is 384 g/mol. The molecule has 158 valence electrons.